The predicted molar refractivity (Wildman–Crippen MR) is 100 cm³/mol. The van der Waals surface area contributed by atoms with Gasteiger partial charge in [-0.1, -0.05) is 23.7 Å². The van der Waals surface area contributed by atoms with Crippen LogP contribution in [0.4, 0.5) is 11.4 Å². The highest BCUT2D eigenvalue weighted by Crippen LogP contribution is 2.25. The third-order valence-corrected chi connectivity index (χ3v) is 4.00. The second kappa shape index (κ2) is 7.79. The van der Waals surface area contributed by atoms with Crippen molar-refractivity contribution < 1.29 is 14.5 Å². The molecule has 0 unspecified atom stereocenters. The molecular weight excluding hydrogens is 372 g/mol. The lowest BCUT2D eigenvalue weighted by molar-refractivity contribution is -0.384. The van der Waals surface area contributed by atoms with Gasteiger partial charge >= 0.3 is 0 Å². The van der Waals surface area contributed by atoms with Crippen LogP contribution in [-0.2, 0) is 0 Å². The van der Waals surface area contributed by atoms with Gasteiger partial charge in [0, 0.05) is 29.4 Å². The number of halogens is 1. The lowest BCUT2D eigenvalue weighted by Gasteiger charge is -2.08. The van der Waals surface area contributed by atoms with Crippen LogP contribution >= 0.6 is 11.6 Å². The van der Waals surface area contributed by atoms with E-state index in [-0.39, 0.29) is 16.3 Å². The summed E-state index contributed by atoms with van der Waals surface area (Å²) in [6.45, 7) is 0. The summed E-state index contributed by atoms with van der Waals surface area (Å²) in [6.07, 6.45) is 0. The predicted octanol–water partition coefficient (Wildman–Crippen LogP) is 3.97. The van der Waals surface area contributed by atoms with Crippen LogP contribution in [0.5, 0.6) is 5.88 Å². The van der Waals surface area contributed by atoms with Crippen LogP contribution in [0.15, 0.2) is 54.6 Å². The van der Waals surface area contributed by atoms with Crippen LogP contribution < -0.4 is 10.1 Å². The molecule has 0 saturated carbocycles. The number of non-ortho nitro benzene ring substituents is 1. The first-order valence-corrected chi connectivity index (χ1v) is 8.09. The molecule has 0 bridgehead atoms. The summed E-state index contributed by atoms with van der Waals surface area (Å²) < 4.78 is 4.98. The second-order valence-electron chi connectivity index (χ2n) is 5.42. The molecule has 0 radical (unpaired) electrons. The third kappa shape index (κ3) is 4.18. The Bertz CT molecular complexity index is 1010. The normalized spacial score (nSPS) is 10.3. The van der Waals surface area contributed by atoms with Gasteiger partial charge < -0.3 is 10.1 Å². The van der Waals surface area contributed by atoms with Gasteiger partial charge in [0.25, 0.3) is 11.6 Å². The van der Waals surface area contributed by atoms with Crippen molar-refractivity contribution in [2.75, 3.05) is 12.4 Å². The quantitative estimate of drug-likeness (QED) is 0.526. The van der Waals surface area contributed by atoms with E-state index in [9.17, 15) is 14.9 Å². The van der Waals surface area contributed by atoms with Crippen molar-refractivity contribution in [2.24, 2.45) is 0 Å². The smallest absolute Gasteiger partial charge is 0.270 e. The molecular formula is C18H13ClN4O4. The number of ether oxygens (including phenoxy) is 1. The zero-order valence-electron chi connectivity index (χ0n) is 14.0. The molecule has 0 fully saturated rings. The lowest BCUT2D eigenvalue weighted by atomic mass is 10.1. The number of nitrogens with zero attached hydrogens (tertiary/aromatic N) is 3. The maximum absolute atomic E-state index is 12.5. The highest BCUT2D eigenvalue weighted by atomic mass is 35.5. The fourth-order valence-corrected chi connectivity index (χ4v) is 2.54. The van der Waals surface area contributed by atoms with E-state index in [4.69, 9.17) is 16.3 Å². The number of anilines is 1. The molecule has 0 aliphatic heterocycles. The first-order chi connectivity index (χ1) is 13.0. The Labute approximate surface area is 158 Å². The zero-order valence-corrected chi connectivity index (χ0v) is 14.8. The van der Waals surface area contributed by atoms with Gasteiger partial charge in [0.1, 0.15) is 0 Å². The maximum Gasteiger partial charge on any atom is 0.270 e. The van der Waals surface area contributed by atoms with E-state index >= 15 is 0 Å². The molecule has 1 amide bonds. The molecule has 136 valence electrons. The van der Waals surface area contributed by atoms with Gasteiger partial charge in [-0.2, -0.15) is 0 Å². The van der Waals surface area contributed by atoms with E-state index in [1.54, 1.807) is 30.3 Å². The molecule has 0 saturated heterocycles. The fraction of sp³-hybridized carbons (Fsp3) is 0.0556. The third-order valence-electron chi connectivity index (χ3n) is 3.67. The summed E-state index contributed by atoms with van der Waals surface area (Å²) in [5.74, 6) is -0.162. The van der Waals surface area contributed by atoms with Gasteiger partial charge in [0.15, 0.2) is 0 Å². The van der Waals surface area contributed by atoms with Crippen molar-refractivity contribution in [2.45, 2.75) is 0 Å². The van der Waals surface area contributed by atoms with Gasteiger partial charge in [-0.25, -0.2) is 0 Å². The zero-order chi connectivity index (χ0) is 19.4. The standard InChI is InChI=1S/C18H13ClN4O4/c1-27-17-8-7-16(21-22-17)11-3-2-4-12(9-11)20-18(24)14-10-13(23(25)26)5-6-15(14)19/h2-10H,1H3,(H,20,24). The number of carbonyl (C=O) groups is 1. The highest BCUT2D eigenvalue weighted by Gasteiger charge is 2.16. The van der Waals surface area contributed by atoms with Gasteiger partial charge in [-0.05, 0) is 24.3 Å². The molecule has 0 aliphatic carbocycles. The first-order valence-electron chi connectivity index (χ1n) is 7.71. The van der Waals surface area contributed by atoms with E-state index in [2.05, 4.69) is 15.5 Å². The van der Waals surface area contributed by atoms with Crippen LogP contribution in [0.25, 0.3) is 11.3 Å². The van der Waals surface area contributed by atoms with Gasteiger partial charge in [-0.3, -0.25) is 14.9 Å². The topological polar surface area (TPSA) is 107 Å². The number of hydrogen-bond acceptors (Lipinski definition) is 6. The Hall–Kier alpha value is -3.52. The molecule has 0 aliphatic rings. The van der Waals surface area contributed by atoms with Gasteiger partial charge in [-0.15, -0.1) is 10.2 Å². The van der Waals surface area contributed by atoms with Gasteiger partial charge in [0.05, 0.1) is 28.3 Å². The van der Waals surface area contributed by atoms with E-state index < -0.39 is 10.8 Å². The Morgan fingerprint density at radius 2 is 1.96 bits per heavy atom. The molecule has 8 nitrogen and oxygen atoms in total. The summed E-state index contributed by atoms with van der Waals surface area (Å²) in [4.78, 5) is 22.8. The van der Waals surface area contributed by atoms with Crippen molar-refractivity contribution in [3.05, 3.63) is 75.3 Å². The van der Waals surface area contributed by atoms with Crippen molar-refractivity contribution in [3.8, 4) is 17.1 Å². The van der Waals surface area contributed by atoms with Crippen LogP contribution in [0, 0.1) is 10.1 Å². The summed E-state index contributed by atoms with van der Waals surface area (Å²) in [5.41, 5.74) is 1.61. The molecule has 3 rings (SSSR count). The number of nitro benzene ring substituents is 1. The fourth-order valence-electron chi connectivity index (χ4n) is 2.34. The number of carbonyl (C=O) groups excluding carboxylic acids is 1. The Kier molecular flexibility index (Phi) is 5.28. The number of benzene rings is 2. The molecule has 1 heterocycles. The van der Waals surface area contributed by atoms with Gasteiger partial charge in [0.2, 0.25) is 5.88 Å². The Balaban J connectivity index is 1.85. The van der Waals surface area contributed by atoms with E-state index in [0.29, 0.717) is 17.3 Å². The van der Waals surface area contributed by atoms with E-state index in [0.717, 1.165) is 11.6 Å². The van der Waals surface area contributed by atoms with Crippen LogP contribution in [-0.4, -0.2) is 28.1 Å². The molecule has 3 aromatic rings. The second-order valence-corrected chi connectivity index (χ2v) is 5.82. The SMILES string of the molecule is COc1ccc(-c2cccc(NC(=O)c3cc([N+](=O)[O-])ccc3Cl)c2)nn1. The number of aromatic nitrogens is 2. The maximum atomic E-state index is 12.5. The van der Waals surface area contributed by atoms with Crippen molar-refractivity contribution >= 4 is 28.9 Å². The van der Waals surface area contributed by atoms with Crippen LogP contribution in [0.2, 0.25) is 5.02 Å². The molecule has 1 N–H and O–H groups in total. The summed E-state index contributed by atoms with van der Waals surface area (Å²) >= 11 is 6.00. The first kappa shape index (κ1) is 18.3. The number of methoxy groups -OCH3 is 1. The minimum atomic E-state index is -0.587. The van der Waals surface area contributed by atoms with Crippen molar-refractivity contribution in [1.82, 2.24) is 10.2 Å². The molecule has 1 aromatic heterocycles. The Morgan fingerprint density at radius 1 is 1.15 bits per heavy atom. The highest BCUT2D eigenvalue weighted by molar-refractivity contribution is 6.34. The van der Waals surface area contributed by atoms with Crippen LogP contribution in [0.1, 0.15) is 10.4 Å². The summed E-state index contributed by atoms with van der Waals surface area (Å²) in [5, 5.41) is 21.7. The Morgan fingerprint density at radius 3 is 2.63 bits per heavy atom. The summed E-state index contributed by atoms with van der Waals surface area (Å²) in [7, 11) is 1.50. The summed E-state index contributed by atoms with van der Waals surface area (Å²) in [6, 6.07) is 14.1. The molecule has 27 heavy (non-hydrogen) atoms. The largest absolute Gasteiger partial charge is 0.480 e. The number of nitrogens with one attached hydrogen (secondary N) is 1. The molecule has 0 spiro atoms. The monoisotopic (exact) mass is 384 g/mol. The van der Waals surface area contributed by atoms with Crippen LogP contribution in [0.3, 0.4) is 0 Å². The van der Waals surface area contributed by atoms with Crippen molar-refractivity contribution in [3.63, 3.8) is 0 Å². The van der Waals surface area contributed by atoms with Crippen molar-refractivity contribution in [1.29, 1.82) is 0 Å². The lowest BCUT2D eigenvalue weighted by Crippen LogP contribution is -2.13. The number of nitro groups is 1. The minimum absolute atomic E-state index is 0.0144. The average Bonchev–Trinajstić information content (AvgIpc) is 2.68. The molecule has 9 heteroatoms. The minimum Gasteiger partial charge on any atom is -0.480 e. The number of amides is 1. The van der Waals surface area contributed by atoms with E-state index in [1.807, 2.05) is 6.07 Å². The molecule has 0 atom stereocenters. The number of hydrogen-bond donors (Lipinski definition) is 1. The van der Waals surface area contributed by atoms with E-state index in [1.165, 1.54) is 19.2 Å². The average molecular weight is 385 g/mol. The molecule has 2 aromatic carbocycles. The number of rotatable bonds is 5.